The Kier molecular flexibility index (Phi) is 5.54. The largest absolute Gasteiger partial charge is 0.497 e. The highest BCUT2D eigenvalue weighted by molar-refractivity contribution is 8.18. The van der Waals surface area contributed by atoms with Gasteiger partial charge in [-0.2, -0.15) is 0 Å². The van der Waals surface area contributed by atoms with Crippen LogP contribution in [0, 0.1) is 0 Å². The van der Waals surface area contributed by atoms with Crippen molar-refractivity contribution in [2.45, 2.75) is 6.42 Å². The predicted molar refractivity (Wildman–Crippen MR) is 119 cm³/mol. The molecular formula is C23H18N2O4S. The molecule has 1 aliphatic rings. The van der Waals surface area contributed by atoms with Crippen LogP contribution < -0.4 is 10.1 Å². The van der Waals surface area contributed by atoms with Gasteiger partial charge in [-0.3, -0.25) is 9.59 Å². The van der Waals surface area contributed by atoms with Gasteiger partial charge in [0, 0.05) is 0 Å². The van der Waals surface area contributed by atoms with Gasteiger partial charge in [-0.25, -0.2) is 4.99 Å². The minimum Gasteiger partial charge on any atom is -0.497 e. The van der Waals surface area contributed by atoms with Gasteiger partial charge in [0.05, 0.1) is 24.1 Å². The minimum atomic E-state index is -0.879. The number of carbonyl (C=O) groups excluding carboxylic acids is 1. The summed E-state index contributed by atoms with van der Waals surface area (Å²) in [5.74, 6) is -0.275. The Labute approximate surface area is 177 Å². The number of amides is 1. The second-order valence-electron chi connectivity index (χ2n) is 6.69. The summed E-state index contributed by atoms with van der Waals surface area (Å²) in [5, 5.41) is 14.2. The fourth-order valence-electron chi connectivity index (χ4n) is 3.07. The van der Waals surface area contributed by atoms with Crippen molar-refractivity contribution >= 4 is 51.3 Å². The number of thioether (sulfide) groups is 1. The van der Waals surface area contributed by atoms with Gasteiger partial charge in [0.1, 0.15) is 5.75 Å². The van der Waals surface area contributed by atoms with Crippen LogP contribution in [0.4, 0.5) is 5.69 Å². The Bertz CT molecular complexity index is 1200. The van der Waals surface area contributed by atoms with Crippen molar-refractivity contribution in [3.8, 4) is 5.75 Å². The van der Waals surface area contributed by atoms with Crippen LogP contribution in [0.5, 0.6) is 5.75 Å². The summed E-state index contributed by atoms with van der Waals surface area (Å²) < 4.78 is 5.25. The molecular weight excluding hydrogens is 400 g/mol. The number of carbonyl (C=O) groups is 2. The second kappa shape index (κ2) is 8.42. The molecule has 6 nitrogen and oxygen atoms in total. The Morgan fingerprint density at radius 1 is 1.10 bits per heavy atom. The lowest BCUT2D eigenvalue weighted by molar-refractivity contribution is -0.136. The number of ether oxygens (including phenoxy) is 1. The molecule has 3 aromatic carbocycles. The number of methoxy groups -OCH3 is 1. The smallest absolute Gasteiger partial charge is 0.307 e. The molecule has 1 saturated heterocycles. The van der Waals surface area contributed by atoms with E-state index < -0.39 is 5.97 Å². The quantitative estimate of drug-likeness (QED) is 0.601. The zero-order valence-corrected chi connectivity index (χ0v) is 16.9. The number of rotatable bonds is 5. The topological polar surface area (TPSA) is 88.0 Å². The monoisotopic (exact) mass is 418 g/mol. The Morgan fingerprint density at radius 3 is 2.57 bits per heavy atom. The SMILES string of the molecule is COc1ccc2cc(/C=C3/SC(=Nc4ccc(CC(=O)O)cc4)NC3=O)ccc2c1. The highest BCUT2D eigenvalue weighted by atomic mass is 32.2. The van der Waals surface area contributed by atoms with Crippen molar-refractivity contribution in [2.75, 3.05) is 7.11 Å². The lowest BCUT2D eigenvalue weighted by Crippen LogP contribution is -2.19. The molecule has 150 valence electrons. The zero-order valence-electron chi connectivity index (χ0n) is 16.1. The lowest BCUT2D eigenvalue weighted by atomic mass is 10.1. The van der Waals surface area contributed by atoms with Crippen LogP contribution in [0.2, 0.25) is 0 Å². The molecule has 2 N–H and O–H groups in total. The van der Waals surface area contributed by atoms with Gasteiger partial charge in [0.25, 0.3) is 5.91 Å². The zero-order chi connectivity index (χ0) is 21.1. The van der Waals surface area contributed by atoms with Crippen molar-refractivity contribution < 1.29 is 19.4 Å². The van der Waals surface area contributed by atoms with E-state index in [0.29, 0.717) is 21.3 Å². The number of nitrogens with zero attached hydrogens (tertiary/aromatic N) is 1. The molecule has 1 fully saturated rings. The first kappa shape index (κ1) is 19.7. The third-order valence-corrected chi connectivity index (χ3v) is 5.45. The summed E-state index contributed by atoms with van der Waals surface area (Å²) in [5.41, 5.74) is 2.27. The molecule has 0 radical (unpaired) electrons. The Morgan fingerprint density at radius 2 is 1.83 bits per heavy atom. The molecule has 1 amide bonds. The number of aliphatic carboxylic acids is 1. The maximum Gasteiger partial charge on any atom is 0.307 e. The number of carboxylic acids is 1. The van der Waals surface area contributed by atoms with Gasteiger partial charge in [-0.1, -0.05) is 30.3 Å². The molecule has 0 aromatic heterocycles. The predicted octanol–water partition coefficient (Wildman–Crippen LogP) is 4.37. The molecule has 4 rings (SSSR count). The van der Waals surface area contributed by atoms with Gasteiger partial charge in [0.15, 0.2) is 5.17 Å². The van der Waals surface area contributed by atoms with Gasteiger partial charge >= 0.3 is 5.97 Å². The number of fused-ring (bicyclic) bond motifs is 1. The van der Waals surface area contributed by atoms with E-state index in [1.165, 1.54) is 11.8 Å². The lowest BCUT2D eigenvalue weighted by Gasteiger charge is -2.03. The normalized spacial score (nSPS) is 16.2. The molecule has 30 heavy (non-hydrogen) atoms. The van der Waals surface area contributed by atoms with E-state index in [4.69, 9.17) is 9.84 Å². The summed E-state index contributed by atoms with van der Waals surface area (Å²) in [6.45, 7) is 0. The maximum atomic E-state index is 12.3. The molecule has 0 unspecified atom stereocenters. The molecule has 0 spiro atoms. The number of aliphatic imine (C=N–C) groups is 1. The fourth-order valence-corrected chi connectivity index (χ4v) is 3.91. The molecule has 0 aliphatic carbocycles. The van der Waals surface area contributed by atoms with Gasteiger partial charge < -0.3 is 15.2 Å². The average Bonchev–Trinajstić information content (AvgIpc) is 3.07. The van der Waals surface area contributed by atoms with Crippen LogP contribution in [0.15, 0.2) is 70.6 Å². The first-order valence-corrected chi connectivity index (χ1v) is 10.00. The maximum absolute atomic E-state index is 12.3. The average molecular weight is 418 g/mol. The Hall–Kier alpha value is -3.58. The number of nitrogens with one attached hydrogen (secondary N) is 1. The number of hydrogen-bond acceptors (Lipinski definition) is 5. The number of amidine groups is 1. The van der Waals surface area contributed by atoms with Crippen LogP contribution in [-0.2, 0) is 16.0 Å². The number of hydrogen-bond donors (Lipinski definition) is 2. The van der Waals surface area contributed by atoms with Crippen molar-refractivity contribution in [3.63, 3.8) is 0 Å². The van der Waals surface area contributed by atoms with E-state index in [0.717, 1.165) is 22.1 Å². The fraction of sp³-hybridized carbons (Fsp3) is 0.0870. The van der Waals surface area contributed by atoms with Crippen molar-refractivity contribution in [2.24, 2.45) is 4.99 Å². The van der Waals surface area contributed by atoms with Gasteiger partial charge in [0.2, 0.25) is 0 Å². The van der Waals surface area contributed by atoms with E-state index in [-0.39, 0.29) is 12.3 Å². The molecule has 0 saturated carbocycles. The van der Waals surface area contributed by atoms with Crippen LogP contribution in [0.3, 0.4) is 0 Å². The number of carboxylic acid groups (broad SMARTS) is 1. The van der Waals surface area contributed by atoms with Crippen LogP contribution in [0.1, 0.15) is 11.1 Å². The third-order valence-electron chi connectivity index (χ3n) is 4.54. The standard InChI is InChI=1S/C23H18N2O4S/c1-29-19-9-6-16-10-15(2-5-17(16)13-19)11-20-22(28)25-23(30-20)24-18-7-3-14(4-8-18)12-21(26)27/h2-11,13H,12H2,1H3,(H,26,27)(H,24,25,28)/b20-11+. The minimum absolute atomic E-state index is 0.0340. The van der Waals surface area contributed by atoms with Crippen LogP contribution in [-0.4, -0.2) is 29.3 Å². The Balaban J connectivity index is 1.52. The summed E-state index contributed by atoms with van der Waals surface area (Å²) in [7, 11) is 1.64. The summed E-state index contributed by atoms with van der Waals surface area (Å²) in [4.78, 5) is 28.1. The van der Waals surface area contributed by atoms with Gasteiger partial charge in [-0.15, -0.1) is 0 Å². The van der Waals surface area contributed by atoms with Crippen LogP contribution in [0.25, 0.3) is 16.8 Å². The summed E-state index contributed by atoms with van der Waals surface area (Å²) in [6, 6.07) is 18.7. The van der Waals surface area contributed by atoms with Crippen LogP contribution >= 0.6 is 11.8 Å². The molecule has 0 atom stereocenters. The highest BCUT2D eigenvalue weighted by Gasteiger charge is 2.23. The van der Waals surface area contributed by atoms with E-state index >= 15 is 0 Å². The highest BCUT2D eigenvalue weighted by Crippen LogP contribution is 2.29. The van der Waals surface area contributed by atoms with E-state index in [9.17, 15) is 9.59 Å². The molecule has 1 heterocycles. The van der Waals surface area contributed by atoms with Gasteiger partial charge in [-0.05, 0) is 70.1 Å². The summed E-state index contributed by atoms with van der Waals surface area (Å²) in [6.07, 6.45) is 1.80. The second-order valence-corrected chi connectivity index (χ2v) is 7.72. The molecule has 3 aromatic rings. The third kappa shape index (κ3) is 4.52. The van der Waals surface area contributed by atoms with Crippen molar-refractivity contribution in [1.29, 1.82) is 0 Å². The van der Waals surface area contributed by atoms with E-state index in [1.807, 2.05) is 42.5 Å². The molecule has 0 bridgehead atoms. The van der Waals surface area contributed by atoms with E-state index in [2.05, 4.69) is 10.3 Å². The van der Waals surface area contributed by atoms with Crippen molar-refractivity contribution in [1.82, 2.24) is 5.32 Å². The first-order valence-electron chi connectivity index (χ1n) is 9.18. The molecule has 1 aliphatic heterocycles. The number of benzene rings is 3. The first-order chi connectivity index (χ1) is 14.5. The molecule has 7 heteroatoms. The van der Waals surface area contributed by atoms with Crippen molar-refractivity contribution in [3.05, 3.63) is 76.7 Å². The summed E-state index contributed by atoms with van der Waals surface area (Å²) >= 11 is 1.27. The van der Waals surface area contributed by atoms with E-state index in [1.54, 1.807) is 31.4 Å².